The molecule has 4 rings (SSSR count). The van der Waals surface area contributed by atoms with Crippen molar-refractivity contribution in [2.45, 2.75) is 12.3 Å². The molecule has 0 aliphatic carbocycles. The fourth-order valence-corrected chi connectivity index (χ4v) is 4.54. The number of pyridine rings is 1. The van der Waals surface area contributed by atoms with Crippen LogP contribution in [0.4, 0.5) is 0 Å². The number of thiophene rings is 1. The molecule has 4 heterocycles. The van der Waals surface area contributed by atoms with Crippen molar-refractivity contribution in [3.8, 4) is 0 Å². The first-order valence-electron chi connectivity index (χ1n) is 7.92. The van der Waals surface area contributed by atoms with Crippen LogP contribution in [-0.2, 0) is 21.9 Å². The summed E-state index contributed by atoms with van der Waals surface area (Å²) in [5, 5.41) is 1.90. The third-order valence-electron chi connectivity index (χ3n) is 3.92. The summed E-state index contributed by atoms with van der Waals surface area (Å²) in [6, 6.07) is 11.0. The Kier molecular flexibility index (Phi) is 4.73. The van der Waals surface area contributed by atoms with Crippen LogP contribution in [0.2, 0.25) is 0 Å². The number of thioether (sulfide) groups is 1. The average molecular weight is 382 g/mol. The zero-order valence-corrected chi connectivity index (χ0v) is 15.3. The van der Waals surface area contributed by atoms with Gasteiger partial charge in [-0.25, -0.2) is 0 Å². The van der Waals surface area contributed by atoms with Gasteiger partial charge in [0.25, 0.3) is 11.8 Å². The second-order valence-corrected chi connectivity index (χ2v) is 7.53. The van der Waals surface area contributed by atoms with Crippen LogP contribution in [0.1, 0.15) is 16.2 Å². The summed E-state index contributed by atoms with van der Waals surface area (Å²) >= 11 is 2.80. The third-order valence-corrected chi connectivity index (χ3v) is 5.91. The van der Waals surface area contributed by atoms with Gasteiger partial charge in [-0.1, -0.05) is 6.07 Å². The molecule has 0 radical (unpaired) electrons. The molecule has 3 aromatic rings. The molecule has 3 aromatic heterocycles. The fourth-order valence-electron chi connectivity index (χ4n) is 2.68. The molecule has 0 N–H and O–H groups in total. The zero-order chi connectivity index (χ0) is 17.9. The van der Waals surface area contributed by atoms with Crippen LogP contribution in [0.25, 0.3) is 5.57 Å². The van der Waals surface area contributed by atoms with E-state index in [4.69, 9.17) is 4.42 Å². The Balaban J connectivity index is 1.64. The van der Waals surface area contributed by atoms with E-state index in [1.165, 1.54) is 28.0 Å². The molecule has 0 aromatic carbocycles. The van der Waals surface area contributed by atoms with Crippen molar-refractivity contribution < 1.29 is 14.0 Å². The van der Waals surface area contributed by atoms with E-state index in [-0.39, 0.29) is 18.4 Å². The Bertz CT molecular complexity index is 948. The maximum absolute atomic E-state index is 13.0. The summed E-state index contributed by atoms with van der Waals surface area (Å²) in [4.78, 5) is 32.5. The highest BCUT2D eigenvalue weighted by atomic mass is 32.2. The lowest BCUT2D eigenvalue weighted by Gasteiger charge is -2.14. The molecule has 0 saturated carbocycles. The fraction of sp³-hybridized carbons (Fsp3) is 0.105. The zero-order valence-electron chi connectivity index (χ0n) is 13.6. The summed E-state index contributed by atoms with van der Waals surface area (Å²) in [6.45, 7) is 0.236. The molecule has 0 saturated heterocycles. The largest absolute Gasteiger partial charge is 0.468 e. The first-order valence-corrected chi connectivity index (χ1v) is 9.79. The summed E-state index contributed by atoms with van der Waals surface area (Å²) < 4.78 is 5.35. The van der Waals surface area contributed by atoms with E-state index in [2.05, 4.69) is 4.98 Å². The lowest BCUT2D eigenvalue weighted by Crippen LogP contribution is -2.30. The van der Waals surface area contributed by atoms with Crippen LogP contribution in [0.15, 0.2) is 69.8 Å². The molecule has 1 aliphatic heterocycles. The number of rotatable bonds is 6. The molecule has 7 heteroatoms. The molecule has 1 aliphatic rings. The van der Waals surface area contributed by atoms with Crippen molar-refractivity contribution in [1.82, 2.24) is 9.88 Å². The van der Waals surface area contributed by atoms with E-state index in [0.29, 0.717) is 16.2 Å². The topological polar surface area (TPSA) is 63.4 Å². The lowest BCUT2D eigenvalue weighted by atomic mass is 10.2. The molecule has 26 heavy (non-hydrogen) atoms. The highest BCUT2D eigenvalue weighted by Crippen LogP contribution is 2.39. The van der Waals surface area contributed by atoms with E-state index in [0.717, 1.165) is 16.2 Å². The first-order chi connectivity index (χ1) is 12.7. The predicted molar refractivity (Wildman–Crippen MR) is 101 cm³/mol. The quantitative estimate of drug-likeness (QED) is 0.604. The molecule has 130 valence electrons. The summed E-state index contributed by atoms with van der Waals surface area (Å²) in [6.07, 6.45) is 4.91. The number of hydrogen-bond donors (Lipinski definition) is 0. The van der Waals surface area contributed by atoms with Crippen molar-refractivity contribution in [3.05, 3.63) is 81.5 Å². The first kappa shape index (κ1) is 16.8. The number of aromatic nitrogens is 1. The van der Waals surface area contributed by atoms with Gasteiger partial charge in [-0.2, -0.15) is 0 Å². The molecule has 0 bridgehead atoms. The van der Waals surface area contributed by atoms with E-state index < -0.39 is 0 Å². The molecule has 5 nitrogen and oxygen atoms in total. The van der Waals surface area contributed by atoms with Crippen LogP contribution < -0.4 is 0 Å². The minimum Gasteiger partial charge on any atom is -0.468 e. The Morgan fingerprint density at radius 1 is 1.08 bits per heavy atom. The van der Waals surface area contributed by atoms with E-state index >= 15 is 0 Å². The number of nitrogens with zero attached hydrogens (tertiary/aromatic N) is 2. The standard InChI is InChI=1S/C19H14N2O3S2/c22-18-16(15-4-2-10-25-15)17(26-12-14-3-1-9-24-14)19(23)21(18)11-13-5-7-20-8-6-13/h1-10H,11-12H2. The van der Waals surface area contributed by atoms with Crippen LogP contribution in [0.5, 0.6) is 0 Å². The average Bonchev–Trinajstić information content (AvgIpc) is 3.39. The summed E-state index contributed by atoms with van der Waals surface area (Å²) in [5.41, 5.74) is 1.35. The van der Waals surface area contributed by atoms with Gasteiger partial charge in [0.15, 0.2) is 0 Å². The van der Waals surface area contributed by atoms with E-state index in [9.17, 15) is 9.59 Å². The van der Waals surface area contributed by atoms with Crippen LogP contribution in [0, 0.1) is 0 Å². The van der Waals surface area contributed by atoms with Gasteiger partial charge >= 0.3 is 0 Å². The second-order valence-electron chi connectivity index (χ2n) is 5.60. The highest BCUT2D eigenvalue weighted by Gasteiger charge is 2.39. The number of amides is 2. The third kappa shape index (κ3) is 3.23. The van der Waals surface area contributed by atoms with Crippen molar-refractivity contribution in [1.29, 1.82) is 0 Å². The van der Waals surface area contributed by atoms with Crippen LogP contribution >= 0.6 is 23.1 Å². The summed E-state index contributed by atoms with van der Waals surface area (Å²) in [5.74, 6) is 0.753. The summed E-state index contributed by atoms with van der Waals surface area (Å²) in [7, 11) is 0. The van der Waals surface area contributed by atoms with Crippen LogP contribution in [-0.4, -0.2) is 21.7 Å². The SMILES string of the molecule is O=C1C(SCc2ccco2)=C(c2cccs2)C(=O)N1Cc1ccncc1. The van der Waals surface area contributed by atoms with Gasteiger partial charge in [0.1, 0.15) is 5.76 Å². The molecule has 2 amide bonds. The number of furan rings is 1. The number of imide groups is 1. The molecular formula is C19H14N2O3S2. The van der Waals surface area contributed by atoms with Gasteiger partial charge in [-0.15, -0.1) is 23.1 Å². The van der Waals surface area contributed by atoms with Crippen molar-refractivity contribution in [2.75, 3.05) is 0 Å². The molecule has 0 unspecified atom stereocenters. The Morgan fingerprint density at radius 3 is 2.62 bits per heavy atom. The minimum atomic E-state index is -0.258. The minimum absolute atomic E-state index is 0.236. The monoisotopic (exact) mass is 382 g/mol. The van der Waals surface area contributed by atoms with Gasteiger partial charge in [0.05, 0.1) is 29.0 Å². The van der Waals surface area contributed by atoms with Gasteiger partial charge in [0.2, 0.25) is 0 Å². The lowest BCUT2D eigenvalue weighted by molar-refractivity contribution is -0.137. The number of carbonyl (C=O) groups excluding carboxylic acids is 2. The van der Waals surface area contributed by atoms with Crippen molar-refractivity contribution >= 4 is 40.5 Å². The smallest absolute Gasteiger partial charge is 0.268 e. The van der Waals surface area contributed by atoms with Gasteiger partial charge in [0, 0.05) is 17.3 Å². The molecule has 0 fully saturated rings. The Morgan fingerprint density at radius 2 is 1.92 bits per heavy atom. The van der Waals surface area contributed by atoms with E-state index in [1.807, 2.05) is 29.6 Å². The maximum atomic E-state index is 13.0. The van der Waals surface area contributed by atoms with Crippen LogP contribution in [0.3, 0.4) is 0 Å². The van der Waals surface area contributed by atoms with Crippen molar-refractivity contribution in [3.63, 3.8) is 0 Å². The predicted octanol–water partition coefficient (Wildman–Crippen LogP) is 3.95. The number of carbonyl (C=O) groups is 2. The molecule has 0 spiro atoms. The van der Waals surface area contributed by atoms with Gasteiger partial charge < -0.3 is 4.42 Å². The van der Waals surface area contributed by atoms with Gasteiger partial charge in [-0.05, 0) is 41.3 Å². The Labute approximate surface area is 158 Å². The van der Waals surface area contributed by atoms with Crippen molar-refractivity contribution in [2.24, 2.45) is 0 Å². The highest BCUT2D eigenvalue weighted by molar-refractivity contribution is 8.03. The Hall–Kier alpha value is -2.64. The maximum Gasteiger partial charge on any atom is 0.268 e. The molecular weight excluding hydrogens is 368 g/mol. The molecule has 0 atom stereocenters. The number of hydrogen-bond acceptors (Lipinski definition) is 6. The van der Waals surface area contributed by atoms with Gasteiger partial charge in [-0.3, -0.25) is 19.5 Å². The normalized spacial score (nSPS) is 14.5. The second kappa shape index (κ2) is 7.31. The van der Waals surface area contributed by atoms with E-state index in [1.54, 1.807) is 30.8 Å².